The smallest absolute Gasteiger partial charge is 0.307 e. The van der Waals surface area contributed by atoms with Crippen LogP contribution in [-0.2, 0) is 11.2 Å². The van der Waals surface area contributed by atoms with Crippen molar-refractivity contribution >= 4 is 5.97 Å². The third-order valence-electron chi connectivity index (χ3n) is 3.02. The Morgan fingerprint density at radius 2 is 2.11 bits per heavy atom. The van der Waals surface area contributed by atoms with Gasteiger partial charge in [-0.15, -0.1) is 0 Å². The molecule has 0 fully saturated rings. The van der Waals surface area contributed by atoms with E-state index in [2.05, 4.69) is 11.2 Å². The molecule has 5 heteroatoms. The Balaban J connectivity index is 2.59. The number of aryl methyl sites for hydroxylation is 1. The zero-order valence-electron chi connectivity index (χ0n) is 10.7. The van der Waals surface area contributed by atoms with E-state index in [1.165, 1.54) is 0 Å². The van der Waals surface area contributed by atoms with Crippen molar-refractivity contribution in [2.24, 2.45) is 0 Å². The summed E-state index contributed by atoms with van der Waals surface area (Å²) in [6.07, 6.45) is -0.0631. The Morgan fingerprint density at radius 1 is 1.42 bits per heavy atom. The summed E-state index contributed by atoms with van der Waals surface area (Å²) in [6, 6.07) is 9.23. The van der Waals surface area contributed by atoms with Crippen molar-refractivity contribution in [2.45, 2.75) is 20.3 Å². The fraction of sp³-hybridized carbons (Fsp3) is 0.214. The van der Waals surface area contributed by atoms with Crippen molar-refractivity contribution in [1.29, 1.82) is 5.26 Å². The lowest BCUT2D eigenvalue weighted by molar-refractivity contribution is -0.136. The van der Waals surface area contributed by atoms with Crippen LogP contribution < -0.4 is 0 Å². The van der Waals surface area contributed by atoms with Gasteiger partial charge in [0, 0.05) is 11.3 Å². The van der Waals surface area contributed by atoms with Crippen molar-refractivity contribution < 1.29 is 9.90 Å². The molecule has 0 unspecified atom stereocenters. The van der Waals surface area contributed by atoms with Crippen LogP contribution in [0.2, 0.25) is 0 Å². The maximum Gasteiger partial charge on any atom is 0.307 e. The van der Waals surface area contributed by atoms with Crippen LogP contribution in [0.5, 0.6) is 0 Å². The van der Waals surface area contributed by atoms with E-state index in [0.29, 0.717) is 22.5 Å². The molecule has 0 amide bonds. The molecule has 0 aliphatic carbocycles. The number of aliphatic carboxylic acids is 1. The highest BCUT2D eigenvalue weighted by atomic mass is 16.4. The third kappa shape index (κ3) is 2.33. The molecule has 0 atom stereocenters. The number of rotatable bonds is 3. The Bertz CT molecular complexity index is 680. The molecule has 5 nitrogen and oxygen atoms in total. The summed E-state index contributed by atoms with van der Waals surface area (Å²) in [6.45, 7) is 3.59. The fourth-order valence-corrected chi connectivity index (χ4v) is 2.07. The van der Waals surface area contributed by atoms with Gasteiger partial charge >= 0.3 is 5.97 Å². The molecular weight excluding hydrogens is 242 g/mol. The predicted octanol–water partition coefficient (Wildman–Crippen LogP) is 1.99. The van der Waals surface area contributed by atoms with Crippen LogP contribution in [0.3, 0.4) is 0 Å². The van der Waals surface area contributed by atoms with Crippen LogP contribution in [0.25, 0.3) is 5.69 Å². The molecule has 0 aliphatic heterocycles. The van der Waals surface area contributed by atoms with Gasteiger partial charge in [0.25, 0.3) is 0 Å². The van der Waals surface area contributed by atoms with E-state index in [1.54, 1.807) is 29.8 Å². The number of hydrogen-bond donors (Lipinski definition) is 1. The number of aromatic nitrogens is 2. The Hall–Kier alpha value is -2.61. The van der Waals surface area contributed by atoms with Crippen LogP contribution in [0, 0.1) is 25.2 Å². The summed E-state index contributed by atoms with van der Waals surface area (Å²) in [5.41, 5.74) is 3.30. The average molecular weight is 255 g/mol. The molecule has 1 aromatic heterocycles. The van der Waals surface area contributed by atoms with Crippen LogP contribution >= 0.6 is 0 Å². The summed E-state index contributed by atoms with van der Waals surface area (Å²) in [5.74, 6) is -0.890. The van der Waals surface area contributed by atoms with Gasteiger partial charge in [-0.3, -0.25) is 4.79 Å². The first-order valence-corrected chi connectivity index (χ1v) is 5.81. The van der Waals surface area contributed by atoms with Crippen LogP contribution in [0.1, 0.15) is 22.5 Å². The fourth-order valence-electron chi connectivity index (χ4n) is 2.07. The summed E-state index contributed by atoms with van der Waals surface area (Å²) < 4.78 is 1.63. The molecule has 0 saturated heterocycles. The van der Waals surface area contributed by atoms with Gasteiger partial charge in [0.15, 0.2) is 0 Å². The first kappa shape index (κ1) is 12.8. The first-order valence-electron chi connectivity index (χ1n) is 5.81. The maximum absolute atomic E-state index is 10.9. The van der Waals surface area contributed by atoms with Gasteiger partial charge in [0.2, 0.25) is 0 Å². The van der Waals surface area contributed by atoms with E-state index in [0.717, 1.165) is 5.69 Å². The number of carboxylic acids is 1. The van der Waals surface area contributed by atoms with E-state index in [9.17, 15) is 4.79 Å². The molecule has 0 aliphatic rings. The van der Waals surface area contributed by atoms with Gasteiger partial charge in [0.1, 0.15) is 6.07 Å². The van der Waals surface area contributed by atoms with Crippen LogP contribution in [0.4, 0.5) is 0 Å². The lowest BCUT2D eigenvalue weighted by atomic mass is 10.1. The highest BCUT2D eigenvalue weighted by molar-refractivity contribution is 5.71. The van der Waals surface area contributed by atoms with E-state index in [-0.39, 0.29) is 6.42 Å². The number of nitriles is 1. The largest absolute Gasteiger partial charge is 0.481 e. The summed E-state index contributed by atoms with van der Waals surface area (Å²) in [4.78, 5) is 10.9. The molecule has 0 saturated carbocycles. The van der Waals surface area contributed by atoms with E-state index < -0.39 is 5.97 Å². The molecule has 1 heterocycles. The molecule has 2 aromatic rings. The van der Waals surface area contributed by atoms with E-state index >= 15 is 0 Å². The lowest BCUT2D eigenvalue weighted by Gasteiger charge is -2.06. The quantitative estimate of drug-likeness (QED) is 0.909. The molecule has 0 spiro atoms. The second kappa shape index (κ2) is 4.94. The van der Waals surface area contributed by atoms with E-state index in [4.69, 9.17) is 10.4 Å². The minimum atomic E-state index is -0.890. The van der Waals surface area contributed by atoms with E-state index in [1.807, 2.05) is 13.0 Å². The molecule has 0 radical (unpaired) electrons. The summed E-state index contributed by atoms with van der Waals surface area (Å²) >= 11 is 0. The molecule has 19 heavy (non-hydrogen) atoms. The third-order valence-corrected chi connectivity index (χ3v) is 3.02. The van der Waals surface area contributed by atoms with Crippen molar-refractivity contribution in [3.05, 3.63) is 46.8 Å². The number of benzene rings is 1. The maximum atomic E-state index is 10.9. The van der Waals surface area contributed by atoms with Crippen molar-refractivity contribution in [3.8, 4) is 11.8 Å². The van der Waals surface area contributed by atoms with Crippen molar-refractivity contribution in [3.63, 3.8) is 0 Å². The van der Waals surface area contributed by atoms with Crippen molar-refractivity contribution in [2.75, 3.05) is 0 Å². The summed E-state index contributed by atoms with van der Waals surface area (Å²) in [5, 5.41) is 22.4. The lowest BCUT2D eigenvalue weighted by Crippen LogP contribution is -2.04. The van der Waals surface area contributed by atoms with Crippen LogP contribution in [-0.4, -0.2) is 20.9 Å². The minimum absolute atomic E-state index is 0.0631. The highest BCUT2D eigenvalue weighted by Gasteiger charge is 2.16. The van der Waals surface area contributed by atoms with Gasteiger partial charge in [-0.05, 0) is 26.0 Å². The molecule has 1 N–H and O–H groups in total. The minimum Gasteiger partial charge on any atom is -0.481 e. The molecule has 0 bridgehead atoms. The number of nitrogens with zero attached hydrogens (tertiary/aromatic N) is 3. The number of hydrogen-bond acceptors (Lipinski definition) is 3. The second-order valence-electron chi connectivity index (χ2n) is 4.26. The zero-order valence-corrected chi connectivity index (χ0v) is 10.7. The monoisotopic (exact) mass is 255 g/mol. The van der Waals surface area contributed by atoms with Gasteiger partial charge in [-0.25, -0.2) is 4.68 Å². The predicted molar refractivity (Wildman–Crippen MR) is 69.1 cm³/mol. The number of para-hydroxylation sites is 1. The molecule has 1 aromatic carbocycles. The number of carboxylic acid groups (broad SMARTS) is 1. The van der Waals surface area contributed by atoms with Gasteiger partial charge in [-0.2, -0.15) is 10.4 Å². The summed E-state index contributed by atoms with van der Waals surface area (Å²) in [7, 11) is 0. The van der Waals surface area contributed by atoms with Gasteiger partial charge in [0.05, 0.1) is 23.4 Å². The Labute approximate surface area is 110 Å². The Morgan fingerprint density at radius 3 is 2.74 bits per heavy atom. The van der Waals surface area contributed by atoms with Gasteiger partial charge < -0.3 is 5.11 Å². The SMILES string of the molecule is Cc1nn(-c2ccccc2C#N)c(C)c1CC(=O)O. The van der Waals surface area contributed by atoms with Crippen LogP contribution in [0.15, 0.2) is 24.3 Å². The molecule has 96 valence electrons. The molecule has 2 rings (SSSR count). The highest BCUT2D eigenvalue weighted by Crippen LogP contribution is 2.20. The normalized spacial score (nSPS) is 10.2. The second-order valence-corrected chi connectivity index (χ2v) is 4.26. The van der Waals surface area contributed by atoms with Crippen molar-refractivity contribution in [1.82, 2.24) is 9.78 Å². The standard InChI is InChI=1S/C14H13N3O2/c1-9-12(7-14(18)19)10(2)17(16-9)13-6-4-3-5-11(13)8-15/h3-6H,7H2,1-2H3,(H,18,19). The first-order chi connectivity index (χ1) is 9.04. The average Bonchev–Trinajstić information content (AvgIpc) is 2.66. The van der Waals surface area contributed by atoms with Gasteiger partial charge in [-0.1, -0.05) is 12.1 Å². The Kier molecular flexibility index (Phi) is 3.34. The molecular formula is C14H13N3O2. The number of carbonyl (C=O) groups is 1. The zero-order chi connectivity index (χ0) is 14.0. The topological polar surface area (TPSA) is 78.9 Å².